The molecular formula is C23H23F3N4O2S. The van der Waals surface area contributed by atoms with Crippen molar-refractivity contribution in [1.82, 2.24) is 14.5 Å². The molecule has 1 fully saturated rings. The number of nitrogens with zero attached hydrogens (tertiary/aromatic N) is 4. The van der Waals surface area contributed by atoms with E-state index in [9.17, 15) is 21.6 Å². The van der Waals surface area contributed by atoms with Gasteiger partial charge in [0, 0.05) is 31.7 Å². The zero-order chi connectivity index (χ0) is 23.6. The molecule has 3 aromatic rings. The maximum absolute atomic E-state index is 13.3. The van der Waals surface area contributed by atoms with Crippen molar-refractivity contribution in [2.24, 2.45) is 0 Å². The van der Waals surface area contributed by atoms with Crippen LogP contribution in [-0.2, 0) is 22.6 Å². The minimum Gasteiger partial charge on any atom is -0.352 e. The van der Waals surface area contributed by atoms with Gasteiger partial charge in [0.15, 0.2) is 5.82 Å². The fraction of sp³-hybridized carbons (Fsp3) is 0.304. The molecule has 0 radical (unpaired) electrons. The van der Waals surface area contributed by atoms with Crippen molar-refractivity contribution in [3.63, 3.8) is 0 Å². The molecule has 0 spiro atoms. The highest BCUT2D eigenvalue weighted by atomic mass is 32.2. The summed E-state index contributed by atoms with van der Waals surface area (Å²) in [5.74, 6) is 0.594. The molecule has 0 unspecified atom stereocenters. The Kier molecular flexibility index (Phi) is 6.40. The first-order valence-corrected chi connectivity index (χ1v) is 12.0. The van der Waals surface area contributed by atoms with Crippen molar-refractivity contribution >= 4 is 15.8 Å². The molecule has 4 rings (SSSR count). The highest BCUT2D eigenvalue weighted by molar-refractivity contribution is 7.89. The van der Waals surface area contributed by atoms with Gasteiger partial charge in [-0.25, -0.2) is 8.42 Å². The summed E-state index contributed by atoms with van der Waals surface area (Å²) < 4.78 is 66.9. The van der Waals surface area contributed by atoms with Gasteiger partial charge in [-0.1, -0.05) is 43.3 Å². The van der Waals surface area contributed by atoms with Gasteiger partial charge in [0.1, 0.15) is 0 Å². The van der Waals surface area contributed by atoms with Crippen LogP contribution in [0.15, 0.2) is 65.6 Å². The van der Waals surface area contributed by atoms with Crippen molar-refractivity contribution in [2.75, 3.05) is 31.1 Å². The second kappa shape index (κ2) is 9.11. The molecule has 1 aliphatic heterocycles. The molecule has 0 N–H and O–H groups in total. The van der Waals surface area contributed by atoms with Gasteiger partial charge in [-0.2, -0.15) is 17.5 Å². The molecule has 2 aromatic carbocycles. The number of benzene rings is 2. The number of halogens is 3. The molecule has 0 saturated carbocycles. The lowest BCUT2D eigenvalue weighted by Crippen LogP contribution is -2.49. The molecule has 33 heavy (non-hydrogen) atoms. The van der Waals surface area contributed by atoms with Crippen LogP contribution in [0, 0.1) is 0 Å². The van der Waals surface area contributed by atoms with Gasteiger partial charge in [-0.05, 0) is 36.2 Å². The van der Waals surface area contributed by atoms with E-state index in [0.717, 1.165) is 34.1 Å². The molecule has 0 atom stereocenters. The first-order valence-electron chi connectivity index (χ1n) is 10.5. The number of alkyl halides is 3. The number of anilines is 1. The summed E-state index contributed by atoms with van der Waals surface area (Å²) in [5, 5.41) is 8.56. The third-order valence-corrected chi connectivity index (χ3v) is 7.64. The molecule has 1 saturated heterocycles. The molecule has 0 aliphatic carbocycles. The van der Waals surface area contributed by atoms with Crippen LogP contribution in [-0.4, -0.2) is 49.1 Å². The minimum absolute atomic E-state index is 0.0520. The van der Waals surface area contributed by atoms with E-state index < -0.39 is 26.7 Å². The molecule has 0 bridgehead atoms. The van der Waals surface area contributed by atoms with Crippen LogP contribution in [0.25, 0.3) is 11.3 Å². The molecule has 2 heterocycles. The van der Waals surface area contributed by atoms with Crippen molar-refractivity contribution in [3.8, 4) is 11.3 Å². The first-order chi connectivity index (χ1) is 15.7. The van der Waals surface area contributed by atoms with Crippen LogP contribution in [0.3, 0.4) is 0 Å². The average molecular weight is 477 g/mol. The van der Waals surface area contributed by atoms with Crippen LogP contribution >= 0.6 is 0 Å². The van der Waals surface area contributed by atoms with Crippen LogP contribution in [0.4, 0.5) is 19.0 Å². The third kappa shape index (κ3) is 4.86. The standard InChI is InChI=1S/C23H23F3N4O2S/c1-2-17-7-9-18(10-8-17)20-11-12-22(28-27-20)29-13-15-30(16-14-29)33(31,32)21-6-4-3-5-19(21)23(24,25)26/h3-12H,2,13-16H2,1H3. The van der Waals surface area contributed by atoms with Crippen LogP contribution in [0.5, 0.6) is 0 Å². The fourth-order valence-electron chi connectivity index (χ4n) is 3.78. The highest BCUT2D eigenvalue weighted by Gasteiger charge is 2.39. The van der Waals surface area contributed by atoms with Gasteiger partial charge in [-0.15, -0.1) is 10.2 Å². The number of piperazine rings is 1. The van der Waals surface area contributed by atoms with Crippen LogP contribution in [0.2, 0.25) is 0 Å². The predicted octanol–water partition coefficient (Wildman–Crippen LogP) is 4.24. The number of aromatic nitrogens is 2. The summed E-state index contributed by atoms with van der Waals surface area (Å²) in [6.45, 7) is 2.79. The third-order valence-electron chi connectivity index (χ3n) is 5.68. The van der Waals surface area contributed by atoms with Gasteiger partial charge in [0.25, 0.3) is 0 Å². The van der Waals surface area contributed by atoms with Crippen molar-refractivity contribution in [1.29, 1.82) is 0 Å². The second-order valence-corrected chi connectivity index (χ2v) is 9.62. The molecular weight excluding hydrogens is 453 g/mol. The number of hydrogen-bond acceptors (Lipinski definition) is 5. The molecule has 174 valence electrons. The zero-order valence-corrected chi connectivity index (χ0v) is 18.8. The predicted molar refractivity (Wildman–Crippen MR) is 119 cm³/mol. The quantitative estimate of drug-likeness (QED) is 0.551. The molecule has 1 aliphatic rings. The Morgan fingerprint density at radius 2 is 1.55 bits per heavy atom. The lowest BCUT2D eigenvalue weighted by molar-refractivity contribution is -0.139. The van der Waals surface area contributed by atoms with E-state index in [4.69, 9.17) is 0 Å². The number of rotatable bonds is 5. The van der Waals surface area contributed by atoms with Crippen molar-refractivity contribution in [2.45, 2.75) is 24.4 Å². The molecule has 10 heteroatoms. The van der Waals surface area contributed by atoms with Crippen LogP contribution in [0.1, 0.15) is 18.1 Å². The van der Waals surface area contributed by atoms with E-state index >= 15 is 0 Å². The molecule has 1 aromatic heterocycles. The Balaban J connectivity index is 1.46. The number of sulfonamides is 1. The van der Waals surface area contributed by atoms with Gasteiger partial charge in [-0.3, -0.25) is 0 Å². The Bertz CT molecular complexity index is 1210. The van der Waals surface area contributed by atoms with E-state index in [1.165, 1.54) is 17.7 Å². The number of hydrogen-bond donors (Lipinski definition) is 0. The lowest BCUT2D eigenvalue weighted by Gasteiger charge is -2.34. The minimum atomic E-state index is -4.75. The fourth-order valence-corrected chi connectivity index (χ4v) is 5.42. The Hall–Kier alpha value is -2.98. The lowest BCUT2D eigenvalue weighted by atomic mass is 10.1. The topological polar surface area (TPSA) is 66.4 Å². The van der Waals surface area contributed by atoms with E-state index in [0.29, 0.717) is 18.9 Å². The molecule has 6 nitrogen and oxygen atoms in total. The smallest absolute Gasteiger partial charge is 0.352 e. The highest BCUT2D eigenvalue weighted by Crippen LogP contribution is 2.35. The Morgan fingerprint density at radius 3 is 2.12 bits per heavy atom. The monoisotopic (exact) mass is 476 g/mol. The summed E-state index contributed by atoms with van der Waals surface area (Å²) in [5.41, 5.74) is 1.76. The SMILES string of the molecule is CCc1ccc(-c2ccc(N3CCN(S(=O)(=O)c4ccccc4C(F)(F)F)CC3)nn2)cc1. The van der Waals surface area contributed by atoms with Crippen LogP contribution < -0.4 is 4.90 Å². The second-order valence-electron chi connectivity index (χ2n) is 7.71. The zero-order valence-electron chi connectivity index (χ0n) is 18.0. The largest absolute Gasteiger partial charge is 0.417 e. The Morgan fingerprint density at radius 1 is 0.879 bits per heavy atom. The van der Waals surface area contributed by atoms with E-state index in [-0.39, 0.29) is 13.1 Å². The van der Waals surface area contributed by atoms with Gasteiger partial charge >= 0.3 is 6.18 Å². The van der Waals surface area contributed by atoms with Gasteiger partial charge < -0.3 is 4.90 Å². The number of aryl methyl sites for hydroxylation is 1. The van der Waals surface area contributed by atoms with Gasteiger partial charge in [0.05, 0.1) is 16.2 Å². The normalized spacial score (nSPS) is 15.6. The summed E-state index contributed by atoms with van der Waals surface area (Å²) >= 11 is 0. The van der Waals surface area contributed by atoms with Crippen molar-refractivity contribution < 1.29 is 21.6 Å². The molecule has 0 amide bonds. The maximum Gasteiger partial charge on any atom is 0.417 e. The van der Waals surface area contributed by atoms with E-state index in [2.05, 4.69) is 17.1 Å². The van der Waals surface area contributed by atoms with E-state index in [1.54, 1.807) is 0 Å². The summed E-state index contributed by atoms with van der Waals surface area (Å²) in [4.78, 5) is 1.16. The maximum atomic E-state index is 13.3. The van der Waals surface area contributed by atoms with Crippen molar-refractivity contribution in [3.05, 3.63) is 71.8 Å². The average Bonchev–Trinajstić information content (AvgIpc) is 2.84. The summed E-state index contributed by atoms with van der Waals surface area (Å²) in [7, 11) is -4.28. The Labute approximate surface area is 190 Å². The first kappa shape index (κ1) is 23.2. The van der Waals surface area contributed by atoms with Gasteiger partial charge in [0.2, 0.25) is 10.0 Å². The summed E-state index contributed by atoms with van der Waals surface area (Å²) in [6, 6.07) is 16.0. The van der Waals surface area contributed by atoms with E-state index in [1.807, 2.05) is 41.3 Å². The summed E-state index contributed by atoms with van der Waals surface area (Å²) in [6.07, 6.45) is -3.80.